The minimum atomic E-state index is -0.403. The average Bonchev–Trinajstić information content (AvgIpc) is 3.48. The Bertz CT molecular complexity index is 1040. The molecule has 1 aromatic carbocycles. The van der Waals surface area contributed by atoms with Crippen molar-refractivity contribution in [2.45, 2.75) is 17.3 Å². The van der Waals surface area contributed by atoms with Gasteiger partial charge in [-0.3, -0.25) is 4.79 Å². The van der Waals surface area contributed by atoms with Crippen molar-refractivity contribution in [2.24, 2.45) is 0 Å². The molecule has 8 heteroatoms. The van der Waals surface area contributed by atoms with E-state index in [1.165, 1.54) is 11.8 Å². The fourth-order valence-corrected chi connectivity index (χ4v) is 3.61. The standard InChI is InChI=1S/C21H19N3O4S/c1-13(20(25)22-14-7-3-4-8-15(14)26-2)29-21-23-18(16-9-5-11-27-16)19(24-21)17-10-6-12-28-17/h3-13H,1-2H3,(H,22,25)(H,23,24). The summed E-state index contributed by atoms with van der Waals surface area (Å²) in [5.74, 6) is 1.71. The summed E-state index contributed by atoms with van der Waals surface area (Å²) in [4.78, 5) is 20.5. The van der Waals surface area contributed by atoms with E-state index in [4.69, 9.17) is 13.6 Å². The van der Waals surface area contributed by atoms with Gasteiger partial charge in [-0.2, -0.15) is 0 Å². The van der Waals surface area contributed by atoms with Gasteiger partial charge in [0, 0.05) is 0 Å². The molecule has 29 heavy (non-hydrogen) atoms. The number of H-pyrrole nitrogens is 1. The lowest BCUT2D eigenvalue weighted by Gasteiger charge is -2.13. The van der Waals surface area contributed by atoms with Crippen LogP contribution in [0.5, 0.6) is 5.75 Å². The molecule has 7 nitrogen and oxygen atoms in total. The number of rotatable bonds is 7. The van der Waals surface area contributed by atoms with E-state index < -0.39 is 5.25 Å². The highest BCUT2D eigenvalue weighted by Crippen LogP contribution is 2.34. The number of para-hydroxylation sites is 2. The van der Waals surface area contributed by atoms with E-state index in [0.717, 1.165) is 0 Å². The molecule has 4 aromatic rings. The number of aromatic amines is 1. The van der Waals surface area contributed by atoms with E-state index in [0.29, 0.717) is 39.5 Å². The first-order valence-corrected chi connectivity index (χ1v) is 9.82. The summed E-state index contributed by atoms with van der Waals surface area (Å²) in [7, 11) is 1.57. The van der Waals surface area contributed by atoms with Crippen molar-refractivity contribution >= 4 is 23.4 Å². The smallest absolute Gasteiger partial charge is 0.237 e. The average molecular weight is 409 g/mol. The first-order chi connectivity index (χ1) is 14.2. The third-order valence-electron chi connectivity index (χ3n) is 4.23. The summed E-state index contributed by atoms with van der Waals surface area (Å²) in [5.41, 5.74) is 1.95. The van der Waals surface area contributed by atoms with E-state index in [2.05, 4.69) is 15.3 Å². The minimum Gasteiger partial charge on any atom is -0.495 e. The minimum absolute atomic E-state index is 0.157. The van der Waals surface area contributed by atoms with Crippen molar-refractivity contribution in [1.29, 1.82) is 0 Å². The van der Waals surface area contributed by atoms with Gasteiger partial charge in [0.1, 0.15) is 17.1 Å². The number of anilines is 1. The number of hydrogen-bond acceptors (Lipinski definition) is 6. The first kappa shape index (κ1) is 18.9. The van der Waals surface area contributed by atoms with Crippen molar-refractivity contribution in [3.63, 3.8) is 0 Å². The van der Waals surface area contributed by atoms with E-state index in [9.17, 15) is 4.79 Å². The zero-order valence-corrected chi connectivity index (χ0v) is 16.7. The van der Waals surface area contributed by atoms with Crippen LogP contribution in [0.3, 0.4) is 0 Å². The van der Waals surface area contributed by atoms with Crippen molar-refractivity contribution in [3.8, 4) is 28.7 Å². The lowest BCUT2D eigenvalue weighted by atomic mass is 10.2. The Kier molecular flexibility index (Phi) is 5.44. The van der Waals surface area contributed by atoms with Gasteiger partial charge in [0.25, 0.3) is 0 Å². The predicted molar refractivity (Wildman–Crippen MR) is 111 cm³/mol. The first-order valence-electron chi connectivity index (χ1n) is 8.94. The molecule has 0 radical (unpaired) electrons. The van der Waals surface area contributed by atoms with E-state index in [1.807, 2.05) is 31.2 Å². The molecule has 1 atom stereocenters. The van der Waals surface area contributed by atoms with Crippen molar-refractivity contribution in [3.05, 3.63) is 61.1 Å². The van der Waals surface area contributed by atoms with Crippen LogP contribution in [0.2, 0.25) is 0 Å². The maximum absolute atomic E-state index is 12.7. The molecule has 2 N–H and O–H groups in total. The summed E-state index contributed by atoms with van der Waals surface area (Å²) in [6, 6.07) is 14.6. The molecule has 0 fully saturated rings. The quantitative estimate of drug-likeness (QED) is 0.415. The van der Waals surface area contributed by atoms with Gasteiger partial charge in [-0.05, 0) is 43.3 Å². The number of benzene rings is 1. The van der Waals surface area contributed by atoms with Crippen LogP contribution < -0.4 is 10.1 Å². The molecule has 0 aliphatic carbocycles. The third-order valence-corrected chi connectivity index (χ3v) is 5.21. The molecule has 0 spiro atoms. The number of imidazole rings is 1. The van der Waals surface area contributed by atoms with E-state index >= 15 is 0 Å². The van der Waals surface area contributed by atoms with Gasteiger partial charge in [-0.15, -0.1) is 0 Å². The number of aromatic nitrogens is 2. The fourth-order valence-electron chi connectivity index (χ4n) is 2.80. The molecule has 0 saturated carbocycles. The summed E-state index contributed by atoms with van der Waals surface area (Å²) in [5, 5.41) is 3.08. The number of amides is 1. The van der Waals surface area contributed by atoms with Gasteiger partial charge in [0.05, 0.1) is 30.6 Å². The molecular weight excluding hydrogens is 390 g/mol. The number of thioether (sulfide) groups is 1. The normalized spacial score (nSPS) is 11.9. The van der Waals surface area contributed by atoms with Crippen LogP contribution in [0, 0.1) is 0 Å². The molecule has 3 heterocycles. The molecule has 3 aromatic heterocycles. The zero-order chi connectivity index (χ0) is 20.2. The van der Waals surface area contributed by atoms with Crippen molar-refractivity contribution in [1.82, 2.24) is 9.97 Å². The molecule has 0 aliphatic heterocycles. The number of nitrogens with zero attached hydrogens (tertiary/aromatic N) is 1. The SMILES string of the molecule is COc1ccccc1NC(=O)C(C)Sc1nc(-c2ccco2)c(-c2ccco2)[nH]1. The second-order valence-electron chi connectivity index (χ2n) is 6.17. The van der Waals surface area contributed by atoms with Crippen LogP contribution in [-0.2, 0) is 4.79 Å². The molecule has 1 amide bonds. The highest BCUT2D eigenvalue weighted by molar-refractivity contribution is 8.00. The molecule has 0 bridgehead atoms. The van der Waals surface area contributed by atoms with Gasteiger partial charge in [0.15, 0.2) is 16.7 Å². The predicted octanol–water partition coefficient (Wildman–Crippen LogP) is 5.06. The Morgan fingerprint density at radius 3 is 2.52 bits per heavy atom. The molecule has 4 rings (SSSR count). The molecule has 0 aliphatic rings. The number of carbonyl (C=O) groups is 1. The maximum atomic E-state index is 12.7. The van der Waals surface area contributed by atoms with Gasteiger partial charge < -0.3 is 23.9 Å². The lowest BCUT2D eigenvalue weighted by molar-refractivity contribution is -0.115. The summed E-state index contributed by atoms with van der Waals surface area (Å²) in [6.07, 6.45) is 3.18. The van der Waals surface area contributed by atoms with Gasteiger partial charge in [0.2, 0.25) is 5.91 Å². The topological polar surface area (TPSA) is 93.3 Å². The Hall–Kier alpha value is -3.39. The summed E-state index contributed by atoms with van der Waals surface area (Å²) in [6.45, 7) is 1.82. The second kappa shape index (κ2) is 8.32. The highest BCUT2D eigenvalue weighted by atomic mass is 32.2. The number of methoxy groups -OCH3 is 1. The van der Waals surface area contributed by atoms with Gasteiger partial charge >= 0.3 is 0 Å². The Balaban J connectivity index is 1.54. The number of ether oxygens (including phenoxy) is 1. The fraction of sp³-hybridized carbons (Fsp3) is 0.143. The largest absolute Gasteiger partial charge is 0.495 e. The number of furan rings is 2. The van der Waals surface area contributed by atoms with E-state index in [1.54, 1.807) is 43.9 Å². The number of carbonyl (C=O) groups excluding carboxylic acids is 1. The summed E-state index contributed by atoms with van der Waals surface area (Å²) < 4.78 is 16.3. The molecule has 148 valence electrons. The van der Waals surface area contributed by atoms with Crippen LogP contribution in [-0.4, -0.2) is 28.2 Å². The maximum Gasteiger partial charge on any atom is 0.237 e. The molecule has 1 unspecified atom stereocenters. The lowest BCUT2D eigenvalue weighted by Crippen LogP contribution is -2.22. The Morgan fingerprint density at radius 2 is 1.83 bits per heavy atom. The Morgan fingerprint density at radius 1 is 1.10 bits per heavy atom. The van der Waals surface area contributed by atoms with Crippen LogP contribution in [0.25, 0.3) is 22.9 Å². The van der Waals surface area contributed by atoms with Gasteiger partial charge in [-0.1, -0.05) is 23.9 Å². The molecular formula is C21H19N3O4S. The number of hydrogen-bond donors (Lipinski definition) is 2. The zero-order valence-electron chi connectivity index (χ0n) is 15.8. The van der Waals surface area contributed by atoms with Gasteiger partial charge in [-0.25, -0.2) is 4.98 Å². The highest BCUT2D eigenvalue weighted by Gasteiger charge is 2.22. The monoisotopic (exact) mass is 409 g/mol. The van der Waals surface area contributed by atoms with Crippen molar-refractivity contribution < 1.29 is 18.4 Å². The second-order valence-corrected chi connectivity index (χ2v) is 7.50. The Labute approximate surface area is 171 Å². The molecule has 0 saturated heterocycles. The van der Waals surface area contributed by atoms with Crippen LogP contribution in [0.15, 0.2) is 75.0 Å². The van der Waals surface area contributed by atoms with Crippen LogP contribution in [0.1, 0.15) is 6.92 Å². The van der Waals surface area contributed by atoms with Crippen LogP contribution >= 0.6 is 11.8 Å². The third kappa shape index (κ3) is 4.07. The van der Waals surface area contributed by atoms with E-state index in [-0.39, 0.29) is 5.91 Å². The summed E-state index contributed by atoms with van der Waals surface area (Å²) >= 11 is 1.31. The van der Waals surface area contributed by atoms with Crippen molar-refractivity contribution in [2.75, 3.05) is 12.4 Å². The number of nitrogens with one attached hydrogen (secondary N) is 2. The van der Waals surface area contributed by atoms with Crippen LogP contribution in [0.4, 0.5) is 5.69 Å².